The maximum absolute atomic E-state index is 14.4. The van der Waals surface area contributed by atoms with Crippen molar-refractivity contribution in [2.75, 3.05) is 0 Å². The van der Waals surface area contributed by atoms with Crippen LogP contribution in [-0.4, -0.2) is 27.2 Å². The molecule has 6 nitrogen and oxygen atoms in total. The first kappa shape index (κ1) is 24.4. The summed E-state index contributed by atoms with van der Waals surface area (Å²) < 4.78 is 20.0. The van der Waals surface area contributed by atoms with Crippen molar-refractivity contribution in [3.63, 3.8) is 0 Å². The van der Waals surface area contributed by atoms with Gasteiger partial charge in [0.05, 0.1) is 17.4 Å². The van der Waals surface area contributed by atoms with Crippen LogP contribution in [0.1, 0.15) is 68.1 Å². The Kier molecular flexibility index (Phi) is 4.92. The highest BCUT2D eigenvalue weighted by Crippen LogP contribution is 2.60. The van der Waals surface area contributed by atoms with Crippen molar-refractivity contribution in [2.24, 2.45) is 0 Å². The minimum atomic E-state index is -0.866. The number of rotatable bonds is 0. The highest BCUT2D eigenvalue weighted by molar-refractivity contribution is 5.79. The minimum absolute atomic E-state index is 0.366. The predicted molar refractivity (Wildman–Crippen MR) is 157 cm³/mol. The van der Waals surface area contributed by atoms with Gasteiger partial charge in [-0.1, -0.05) is 48.6 Å². The van der Waals surface area contributed by atoms with Gasteiger partial charge < -0.3 is 19.2 Å². The average Bonchev–Trinajstić information content (AvgIpc) is 3.54. The number of ether oxygens (including phenoxy) is 3. The standard InChI is InChI=1S/C35H32N2O4/c1-33(2,3)41-32(38)37-29-23-12-16-25(17-13-23)40-35(20-8-5-9-21-35)31(37)27-26(29)28-22-10-14-24(15-11-22)39-34(30(27)36-28)18-6-4-7-19-34/h4-18,20,29,31,36H,19,21H2,1-3H3. The summed E-state index contributed by atoms with van der Waals surface area (Å²) in [5.74, 6) is 1.57. The number of nitrogens with zero attached hydrogens (tertiary/aromatic N) is 1. The number of benzene rings is 2. The van der Waals surface area contributed by atoms with Crippen LogP contribution in [0.4, 0.5) is 4.79 Å². The SMILES string of the molecule is CC(C)(C)OC(=O)N1C2c3ccc(cc3)OC3(C=CC=CC3)C1c1c3[nH]c(c12)-c1ccc(cc1)OC31C=CC=CC1. The van der Waals surface area contributed by atoms with E-state index in [1.54, 1.807) is 0 Å². The number of fused-ring (bicyclic) bond motifs is 5. The largest absolute Gasteiger partial charge is 0.480 e. The molecule has 8 bridgehead atoms. The number of allylic oxidation sites excluding steroid dienone is 4. The van der Waals surface area contributed by atoms with E-state index in [-0.39, 0.29) is 6.09 Å². The Morgan fingerprint density at radius 1 is 0.878 bits per heavy atom. The number of carbonyl (C=O) groups excluding carboxylic acids is 1. The summed E-state index contributed by atoms with van der Waals surface area (Å²) in [6.45, 7) is 5.74. The number of hydrogen-bond donors (Lipinski definition) is 1. The Morgan fingerprint density at radius 2 is 1.56 bits per heavy atom. The molecule has 206 valence electrons. The van der Waals surface area contributed by atoms with Gasteiger partial charge in [0, 0.05) is 24.0 Å². The number of carbonyl (C=O) groups is 1. The number of nitrogens with one attached hydrogen (secondary N) is 1. The van der Waals surface area contributed by atoms with E-state index in [1.807, 2.05) is 68.2 Å². The third kappa shape index (κ3) is 3.52. The van der Waals surface area contributed by atoms with Crippen LogP contribution in [0.3, 0.4) is 0 Å². The third-order valence-electron chi connectivity index (χ3n) is 8.72. The van der Waals surface area contributed by atoms with Crippen LogP contribution in [0.25, 0.3) is 11.3 Å². The van der Waals surface area contributed by atoms with Crippen LogP contribution in [0, 0.1) is 0 Å². The van der Waals surface area contributed by atoms with Crippen molar-refractivity contribution in [1.82, 2.24) is 9.88 Å². The molecule has 1 amide bonds. The highest BCUT2D eigenvalue weighted by atomic mass is 16.6. The first-order valence-corrected chi connectivity index (χ1v) is 14.3. The molecule has 4 unspecified atom stereocenters. The average molecular weight is 545 g/mol. The Hall–Kier alpha value is -4.45. The lowest BCUT2D eigenvalue weighted by atomic mass is 9.79. The van der Waals surface area contributed by atoms with Crippen LogP contribution in [0.5, 0.6) is 11.5 Å². The number of amides is 1. The molecule has 5 aliphatic heterocycles. The third-order valence-corrected chi connectivity index (χ3v) is 8.72. The monoisotopic (exact) mass is 544 g/mol. The van der Waals surface area contributed by atoms with Crippen molar-refractivity contribution in [3.8, 4) is 22.8 Å². The lowest BCUT2D eigenvalue weighted by molar-refractivity contribution is -0.0238. The van der Waals surface area contributed by atoms with Crippen molar-refractivity contribution in [1.29, 1.82) is 0 Å². The second-order valence-electron chi connectivity index (χ2n) is 12.5. The second kappa shape index (κ2) is 8.29. The van der Waals surface area contributed by atoms with Gasteiger partial charge in [0.1, 0.15) is 23.1 Å². The van der Waals surface area contributed by atoms with E-state index in [4.69, 9.17) is 14.2 Å². The molecule has 41 heavy (non-hydrogen) atoms. The zero-order chi connectivity index (χ0) is 28.0. The minimum Gasteiger partial charge on any atom is -0.480 e. The van der Waals surface area contributed by atoms with E-state index in [9.17, 15) is 4.79 Å². The van der Waals surface area contributed by atoms with Crippen LogP contribution in [0.15, 0.2) is 97.1 Å². The van der Waals surface area contributed by atoms with Crippen LogP contribution in [-0.2, 0) is 10.3 Å². The van der Waals surface area contributed by atoms with E-state index in [0.717, 1.165) is 45.1 Å². The fourth-order valence-electron chi connectivity index (χ4n) is 7.12. The van der Waals surface area contributed by atoms with Crippen molar-refractivity contribution in [2.45, 2.75) is 62.5 Å². The summed E-state index contributed by atoms with van der Waals surface area (Å²) in [5.41, 5.74) is 3.79. The maximum Gasteiger partial charge on any atom is 0.411 e. The molecule has 10 rings (SSSR count). The molecule has 4 atom stereocenters. The summed E-state index contributed by atoms with van der Waals surface area (Å²) in [4.78, 5) is 20.2. The molecule has 0 saturated heterocycles. The highest BCUT2D eigenvalue weighted by Gasteiger charge is 2.59. The molecule has 1 N–H and O–H groups in total. The Balaban J connectivity index is 1.49. The van der Waals surface area contributed by atoms with E-state index >= 15 is 0 Å². The first-order chi connectivity index (χ1) is 19.8. The van der Waals surface area contributed by atoms with Gasteiger partial charge in [0.15, 0.2) is 11.2 Å². The molecule has 6 heterocycles. The quantitative estimate of drug-likeness (QED) is 0.313. The van der Waals surface area contributed by atoms with Gasteiger partial charge in [-0.05, 0) is 80.4 Å². The lowest BCUT2D eigenvalue weighted by Gasteiger charge is -2.44. The molecule has 7 aliphatic rings. The fraction of sp³-hybridized carbons (Fsp3) is 0.286. The van der Waals surface area contributed by atoms with Crippen molar-refractivity contribution in [3.05, 3.63) is 120 Å². The fourth-order valence-corrected chi connectivity index (χ4v) is 7.12. The number of aromatic nitrogens is 1. The van der Waals surface area contributed by atoms with E-state index in [0.29, 0.717) is 12.8 Å². The first-order valence-electron chi connectivity index (χ1n) is 14.3. The van der Waals surface area contributed by atoms with Gasteiger partial charge in [-0.3, -0.25) is 4.90 Å². The van der Waals surface area contributed by atoms with Crippen LogP contribution < -0.4 is 9.47 Å². The smallest absolute Gasteiger partial charge is 0.411 e. The molecule has 3 aromatic rings. The van der Waals surface area contributed by atoms with Gasteiger partial charge in [-0.15, -0.1) is 0 Å². The molecule has 2 aliphatic carbocycles. The molecular formula is C35H32N2O4. The van der Waals surface area contributed by atoms with Gasteiger partial charge in [-0.25, -0.2) is 4.79 Å². The number of H-pyrrole nitrogens is 1. The van der Waals surface area contributed by atoms with Crippen LogP contribution >= 0.6 is 0 Å². The summed E-state index contributed by atoms with van der Waals surface area (Å²) in [5, 5.41) is 0. The Morgan fingerprint density at radius 3 is 2.22 bits per heavy atom. The predicted octanol–water partition coefficient (Wildman–Crippen LogP) is 7.81. The van der Waals surface area contributed by atoms with Gasteiger partial charge >= 0.3 is 6.09 Å². The molecule has 1 aromatic heterocycles. The van der Waals surface area contributed by atoms with E-state index in [2.05, 4.69) is 59.6 Å². The van der Waals surface area contributed by atoms with E-state index < -0.39 is 28.9 Å². The maximum atomic E-state index is 14.4. The lowest BCUT2D eigenvalue weighted by Crippen LogP contribution is -2.51. The van der Waals surface area contributed by atoms with Gasteiger partial charge in [0.25, 0.3) is 0 Å². The van der Waals surface area contributed by atoms with Crippen molar-refractivity contribution < 1.29 is 19.0 Å². The topological polar surface area (TPSA) is 63.8 Å². The molecule has 2 aromatic carbocycles. The summed E-state index contributed by atoms with van der Waals surface area (Å²) >= 11 is 0. The molecule has 2 spiro atoms. The van der Waals surface area contributed by atoms with Crippen LogP contribution in [0.2, 0.25) is 0 Å². The normalized spacial score (nSPS) is 27.9. The number of hydrogen-bond acceptors (Lipinski definition) is 4. The summed E-state index contributed by atoms with van der Waals surface area (Å²) in [6.07, 6.45) is 17.6. The summed E-state index contributed by atoms with van der Waals surface area (Å²) in [6, 6.07) is 15.6. The Bertz CT molecular complexity index is 1690. The molecular weight excluding hydrogens is 512 g/mol. The van der Waals surface area contributed by atoms with E-state index in [1.165, 1.54) is 0 Å². The summed E-state index contributed by atoms with van der Waals surface area (Å²) in [7, 11) is 0. The molecule has 6 heteroatoms. The zero-order valence-corrected chi connectivity index (χ0v) is 23.4. The molecule has 0 saturated carbocycles. The van der Waals surface area contributed by atoms with Gasteiger partial charge in [-0.2, -0.15) is 0 Å². The Labute approximate surface area is 239 Å². The zero-order valence-electron chi connectivity index (χ0n) is 23.4. The second-order valence-corrected chi connectivity index (χ2v) is 12.5. The molecule has 0 radical (unpaired) electrons. The van der Waals surface area contributed by atoms with Crippen molar-refractivity contribution >= 4 is 6.09 Å². The number of aromatic amines is 1. The molecule has 0 fully saturated rings. The van der Waals surface area contributed by atoms with Gasteiger partial charge in [0.2, 0.25) is 0 Å².